The summed E-state index contributed by atoms with van der Waals surface area (Å²) < 4.78 is 58.7. The number of fused-ring (bicyclic) bond motifs is 3. The number of nitrogens with zero attached hydrogens (tertiary/aromatic N) is 5. The molecular formula is C31H48F3N5O5Si. The quantitative estimate of drug-likeness (QED) is 0.201. The summed E-state index contributed by atoms with van der Waals surface area (Å²) in [6.07, 6.45) is 0.712. The van der Waals surface area contributed by atoms with Gasteiger partial charge in [0, 0.05) is 52.2 Å². The first-order valence-electron chi connectivity index (χ1n) is 15.6. The van der Waals surface area contributed by atoms with Crippen LogP contribution in [-0.4, -0.2) is 97.5 Å². The largest absolute Gasteiger partial charge is 0.444 e. The molecule has 1 fully saturated rings. The standard InChI is InChI=1S/C31H48F3N5O5Si/c1-30(2,3)44-29(41)37(18-31(32,33)34)17-22-8-10-23(11-9-22)39-19-38(20-42-4)28(40)25-16-35-27-24(26(25)39)12-13-36(27)21-43-14-15-45(5,6)7/h12-13,16,22-23H,8-11,14-15,17-21H2,1-7H3. The van der Waals surface area contributed by atoms with Crippen molar-refractivity contribution in [1.29, 1.82) is 0 Å². The van der Waals surface area contributed by atoms with Crippen LogP contribution in [0.4, 0.5) is 23.7 Å². The van der Waals surface area contributed by atoms with Crippen LogP contribution in [0.15, 0.2) is 18.5 Å². The van der Waals surface area contributed by atoms with E-state index in [0.717, 1.165) is 27.7 Å². The number of ether oxygens (including phenoxy) is 3. The van der Waals surface area contributed by atoms with Crippen LogP contribution in [0, 0.1) is 5.92 Å². The topological polar surface area (TPSA) is 89.4 Å². The van der Waals surface area contributed by atoms with Crippen molar-refractivity contribution in [3.63, 3.8) is 0 Å². The molecule has 0 saturated heterocycles. The average molecular weight is 656 g/mol. The Bertz CT molecular complexity index is 1330. The molecule has 0 N–H and O–H groups in total. The number of hydrogen-bond acceptors (Lipinski definition) is 7. The van der Waals surface area contributed by atoms with E-state index in [1.165, 1.54) is 0 Å². The lowest BCUT2D eigenvalue weighted by molar-refractivity contribution is -0.146. The van der Waals surface area contributed by atoms with Gasteiger partial charge < -0.3 is 23.7 Å². The lowest BCUT2D eigenvalue weighted by Gasteiger charge is -2.45. The highest BCUT2D eigenvalue weighted by atomic mass is 28.3. The molecular weight excluding hydrogens is 607 g/mol. The highest BCUT2D eigenvalue weighted by Crippen LogP contribution is 2.40. The number of rotatable bonds is 11. The number of anilines is 1. The van der Waals surface area contributed by atoms with Crippen LogP contribution < -0.4 is 4.90 Å². The number of carbonyl (C=O) groups is 2. The number of halogens is 3. The third-order valence-electron chi connectivity index (χ3n) is 8.16. The summed E-state index contributed by atoms with van der Waals surface area (Å²) in [6, 6.07) is 3.06. The maximum atomic E-state index is 13.5. The van der Waals surface area contributed by atoms with E-state index in [2.05, 4.69) is 29.5 Å². The van der Waals surface area contributed by atoms with Crippen molar-refractivity contribution in [3.8, 4) is 0 Å². The van der Waals surface area contributed by atoms with Gasteiger partial charge in [0.1, 0.15) is 31.3 Å². The van der Waals surface area contributed by atoms with Gasteiger partial charge in [-0.15, -0.1) is 0 Å². The Kier molecular flexibility index (Phi) is 10.8. The van der Waals surface area contributed by atoms with Gasteiger partial charge in [0.2, 0.25) is 0 Å². The number of alkyl halides is 3. The van der Waals surface area contributed by atoms with E-state index in [1.807, 2.05) is 16.8 Å². The molecule has 252 valence electrons. The molecule has 0 radical (unpaired) electrons. The predicted molar refractivity (Wildman–Crippen MR) is 169 cm³/mol. The minimum atomic E-state index is -4.53. The highest BCUT2D eigenvalue weighted by molar-refractivity contribution is 6.76. The van der Waals surface area contributed by atoms with Gasteiger partial charge in [-0.25, -0.2) is 9.78 Å². The minimum absolute atomic E-state index is 0.0270. The van der Waals surface area contributed by atoms with Gasteiger partial charge in [0.15, 0.2) is 0 Å². The smallest absolute Gasteiger partial charge is 0.410 e. The van der Waals surface area contributed by atoms with E-state index >= 15 is 0 Å². The van der Waals surface area contributed by atoms with Crippen LogP contribution in [0.3, 0.4) is 0 Å². The minimum Gasteiger partial charge on any atom is -0.444 e. The Morgan fingerprint density at radius 3 is 2.40 bits per heavy atom. The molecule has 45 heavy (non-hydrogen) atoms. The lowest BCUT2D eigenvalue weighted by atomic mass is 9.84. The summed E-state index contributed by atoms with van der Waals surface area (Å²) in [5.74, 6) is -0.269. The van der Waals surface area contributed by atoms with Crippen molar-refractivity contribution in [2.75, 3.05) is 45.1 Å². The number of aromatic nitrogens is 2. The summed E-state index contributed by atoms with van der Waals surface area (Å²) in [6.45, 7) is 11.9. The molecule has 0 atom stereocenters. The summed E-state index contributed by atoms with van der Waals surface area (Å²) in [4.78, 5) is 35.4. The van der Waals surface area contributed by atoms with Crippen molar-refractivity contribution in [2.45, 2.75) is 96.7 Å². The molecule has 0 unspecified atom stereocenters. The zero-order chi connectivity index (χ0) is 33.2. The number of pyridine rings is 1. The van der Waals surface area contributed by atoms with Crippen molar-refractivity contribution in [2.24, 2.45) is 5.92 Å². The molecule has 0 bridgehead atoms. The number of amides is 2. The monoisotopic (exact) mass is 655 g/mol. The fourth-order valence-corrected chi connectivity index (χ4v) is 6.73. The second kappa shape index (κ2) is 13.9. The zero-order valence-corrected chi connectivity index (χ0v) is 28.6. The predicted octanol–water partition coefficient (Wildman–Crippen LogP) is 6.53. The number of carbonyl (C=O) groups excluding carboxylic acids is 2. The summed E-state index contributed by atoms with van der Waals surface area (Å²) in [7, 11) is 0.314. The first-order valence-corrected chi connectivity index (χ1v) is 19.3. The van der Waals surface area contributed by atoms with Crippen molar-refractivity contribution in [3.05, 3.63) is 24.0 Å². The number of hydrogen-bond donors (Lipinski definition) is 0. The second-order valence-corrected chi connectivity index (χ2v) is 20.0. The highest BCUT2D eigenvalue weighted by Gasteiger charge is 2.39. The molecule has 4 rings (SSSR count). The molecule has 0 aromatic carbocycles. The zero-order valence-electron chi connectivity index (χ0n) is 27.6. The van der Waals surface area contributed by atoms with Crippen LogP contribution in [0.5, 0.6) is 0 Å². The molecule has 1 aliphatic carbocycles. The lowest BCUT2D eigenvalue weighted by Crippen LogP contribution is -2.52. The van der Waals surface area contributed by atoms with E-state index in [0.29, 0.717) is 51.3 Å². The Morgan fingerprint density at radius 2 is 1.80 bits per heavy atom. The van der Waals surface area contributed by atoms with Gasteiger partial charge in [-0.1, -0.05) is 19.6 Å². The van der Waals surface area contributed by atoms with Crippen molar-refractivity contribution >= 4 is 36.8 Å². The molecule has 0 spiro atoms. The van der Waals surface area contributed by atoms with E-state index < -0.39 is 32.5 Å². The maximum Gasteiger partial charge on any atom is 0.410 e. The Labute approximate surface area is 264 Å². The van der Waals surface area contributed by atoms with Gasteiger partial charge in [-0.2, -0.15) is 13.2 Å². The van der Waals surface area contributed by atoms with Gasteiger partial charge >= 0.3 is 12.3 Å². The van der Waals surface area contributed by atoms with Gasteiger partial charge in [0.25, 0.3) is 5.91 Å². The SMILES string of the molecule is COCN1CN(C2CCC(CN(CC(F)(F)F)C(=O)OC(C)(C)C)CC2)c2c(cnc3c2ccn3COCC[Si](C)(C)C)C1=O. The van der Waals surface area contributed by atoms with Crippen molar-refractivity contribution < 1.29 is 37.0 Å². The summed E-state index contributed by atoms with van der Waals surface area (Å²) >= 11 is 0. The molecule has 3 heterocycles. The van der Waals surface area contributed by atoms with Crippen LogP contribution in [0.25, 0.3) is 11.0 Å². The normalized spacial score (nSPS) is 19.6. The third-order valence-corrected chi connectivity index (χ3v) is 9.86. The maximum absolute atomic E-state index is 13.5. The first kappa shape index (κ1) is 35.0. The molecule has 2 amide bonds. The van der Waals surface area contributed by atoms with E-state index in [9.17, 15) is 22.8 Å². The molecule has 1 saturated carbocycles. The first-order chi connectivity index (χ1) is 21.0. The molecule has 2 aromatic rings. The van der Waals surface area contributed by atoms with Crippen LogP contribution >= 0.6 is 0 Å². The number of methoxy groups -OCH3 is 1. The van der Waals surface area contributed by atoms with Gasteiger partial charge in [-0.05, 0) is 64.5 Å². The Hall–Kier alpha value is -2.84. The Morgan fingerprint density at radius 1 is 1.11 bits per heavy atom. The van der Waals surface area contributed by atoms with Crippen LogP contribution in [0.1, 0.15) is 56.8 Å². The van der Waals surface area contributed by atoms with Gasteiger partial charge in [-0.3, -0.25) is 14.6 Å². The summed E-state index contributed by atoms with van der Waals surface area (Å²) in [5.41, 5.74) is 1.14. The molecule has 14 heteroatoms. The second-order valence-electron chi connectivity index (χ2n) is 14.4. The molecule has 2 aromatic heterocycles. The summed E-state index contributed by atoms with van der Waals surface area (Å²) in [5, 5.41) is 0.857. The van der Waals surface area contributed by atoms with E-state index in [1.54, 1.807) is 39.0 Å². The van der Waals surface area contributed by atoms with Crippen LogP contribution in [-0.2, 0) is 20.9 Å². The third kappa shape index (κ3) is 9.35. The molecule has 2 aliphatic rings. The fraction of sp³-hybridized carbons (Fsp3) is 0.710. The van der Waals surface area contributed by atoms with E-state index in [4.69, 9.17) is 14.2 Å². The molecule has 1 aliphatic heterocycles. The van der Waals surface area contributed by atoms with E-state index in [-0.39, 0.29) is 31.1 Å². The Balaban J connectivity index is 1.53. The molecule has 10 nitrogen and oxygen atoms in total. The fourth-order valence-electron chi connectivity index (χ4n) is 5.98. The van der Waals surface area contributed by atoms with Gasteiger partial charge in [0.05, 0.1) is 17.9 Å². The van der Waals surface area contributed by atoms with Crippen LogP contribution in [0.2, 0.25) is 25.7 Å². The van der Waals surface area contributed by atoms with Crippen molar-refractivity contribution in [1.82, 2.24) is 19.4 Å². The average Bonchev–Trinajstić information content (AvgIpc) is 3.34.